The Morgan fingerprint density at radius 3 is 2.73 bits per heavy atom. The van der Waals surface area contributed by atoms with E-state index in [9.17, 15) is 0 Å². The number of halogens is 1. The highest BCUT2D eigenvalue weighted by Gasteiger charge is 2.41. The van der Waals surface area contributed by atoms with E-state index in [2.05, 4.69) is 47.2 Å². The Labute approximate surface area is 139 Å². The van der Waals surface area contributed by atoms with Crippen molar-refractivity contribution in [3.05, 3.63) is 0 Å². The van der Waals surface area contributed by atoms with Crippen LogP contribution in [0.5, 0.6) is 0 Å². The number of alkyl halides is 1. The average molecular weight is 330 g/mol. The highest BCUT2D eigenvalue weighted by molar-refractivity contribution is 6.20. The molecule has 2 saturated heterocycles. The molecule has 3 fully saturated rings. The topological polar surface area (TPSA) is 51.4 Å². The molecule has 2 heterocycles. The summed E-state index contributed by atoms with van der Waals surface area (Å²) in [6.07, 6.45) is 8.00. The molecule has 1 saturated carbocycles. The molecule has 3 rings (SSSR count). The monoisotopic (exact) mass is 329 g/mol. The van der Waals surface area contributed by atoms with Crippen LogP contribution in [0.15, 0.2) is 0 Å². The highest BCUT2D eigenvalue weighted by Crippen LogP contribution is 2.29. The average Bonchev–Trinajstić information content (AvgIpc) is 2.86. The first-order valence-corrected chi connectivity index (χ1v) is 9.47. The van der Waals surface area contributed by atoms with E-state index in [-0.39, 0.29) is 6.29 Å². The van der Waals surface area contributed by atoms with Crippen molar-refractivity contribution in [2.75, 3.05) is 0 Å². The summed E-state index contributed by atoms with van der Waals surface area (Å²) in [7, 11) is 0. The first-order valence-electron chi connectivity index (χ1n) is 9.03. The van der Waals surface area contributed by atoms with Crippen LogP contribution < -0.4 is 21.4 Å². The number of hydrogen-bond acceptors (Lipinski definition) is 5. The molecule has 0 aromatic rings. The molecule has 0 aromatic carbocycles. The molecule has 128 valence electrons. The lowest BCUT2D eigenvalue weighted by molar-refractivity contribution is 0.00914. The van der Waals surface area contributed by atoms with Gasteiger partial charge >= 0.3 is 0 Å². The summed E-state index contributed by atoms with van der Waals surface area (Å²) in [5.74, 6) is 0.653. The zero-order valence-electron chi connectivity index (χ0n) is 14.1. The van der Waals surface area contributed by atoms with Gasteiger partial charge < -0.3 is 0 Å². The molecule has 7 unspecified atom stereocenters. The third kappa shape index (κ3) is 3.77. The molecule has 0 radical (unpaired) electrons. The van der Waals surface area contributed by atoms with Crippen LogP contribution in [0, 0.1) is 5.92 Å². The third-order valence-corrected chi connectivity index (χ3v) is 6.01. The van der Waals surface area contributed by atoms with E-state index >= 15 is 0 Å². The lowest BCUT2D eigenvalue weighted by atomic mass is 9.86. The van der Waals surface area contributed by atoms with Gasteiger partial charge in [-0.25, -0.2) is 5.43 Å². The first kappa shape index (κ1) is 16.9. The minimum Gasteiger partial charge on any atom is -0.298 e. The quantitative estimate of drug-likeness (QED) is 0.594. The Balaban J connectivity index is 1.59. The van der Waals surface area contributed by atoms with Crippen LogP contribution in [0.3, 0.4) is 0 Å². The van der Waals surface area contributed by atoms with E-state index in [1.807, 2.05) is 0 Å². The van der Waals surface area contributed by atoms with E-state index in [0.717, 1.165) is 19.3 Å². The first-order chi connectivity index (χ1) is 10.6. The van der Waals surface area contributed by atoms with Crippen LogP contribution in [0.2, 0.25) is 0 Å². The second-order valence-electron chi connectivity index (χ2n) is 7.44. The number of nitrogens with zero attached hydrogens (tertiary/aromatic N) is 1. The van der Waals surface area contributed by atoms with Gasteiger partial charge in [0.05, 0.1) is 12.3 Å². The maximum absolute atomic E-state index is 6.49. The van der Waals surface area contributed by atoms with Crippen molar-refractivity contribution in [3.8, 4) is 0 Å². The van der Waals surface area contributed by atoms with Crippen molar-refractivity contribution >= 4 is 11.6 Å². The molecule has 0 amide bonds. The zero-order chi connectivity index (χ0) is 15.7. The second-order valence-corrected chi connectivity index (χ2v) is 8.00. The molecule has 6 heteroatoms. The molecule has 5 nitrogen and oxygen atoms in total. The molecule has 2 aliphatic heterocycles. The van der Waals surface area contributed by atoms with Crippen LogP contribution in [-0.4, -0.2) is 41.1 Å². The Morgan fingerprint density at radius 2 is 2.00 bits per heavy atom. The van der Waals surface area contributed by atoms with Gasteiger partial charge in [-0.2, -0.15) is 5.01 Å². The maximum Gasteiger partial charge on any atom is 0.130 e. The summed E-state index contributed by atoms with van der Waals surface area (Å²) in [5.41, 5.74) is 3.64. The fraction of sp³-hybridized carbons (Fsp3) is 1.00. The minimum atomic E-state index is 0.229. The molecule has 7 atom stereocenters. The molecule has 1 aliphatic carbocycles. The lowest BCUT2D eigenvalue weighted by Crippen LogP contribution is -2.67. The van der Waals surface area contributed by atoms with Gasteiger partial charge in [0, 0.05) is 17.5 Å². The largest absolute Gasteiger partial charge is 0.298 e. The Kier molecular flexibility index (Phi) is 5.64. The summed E-state index contributed by atoms with van der Waals surface area (Å²) in [6, 6.07) is 1.06. The van der Waals surface area contributed by atoms with Gasteiger partial charge in [-0.15, -0.1) is 11.6 Å². The number of rotatable bonds is 4. The van der Waals surface area contributed by atoms with Crippen LogP contribution in [0.1, 0.15) is 59.3 Å². The second kappa shape index (κ2) is 7.32. The molecule has 22 heavy (non-hydrogen) atoms. The summed E-state index contributed by atoms with van der Waals surface area (Å²) < 4.78 is 0. The molecule has 0 aromatic heterocycles. The van der Waals surface area contributed by atoms with Gasteiger partial charge in [-0.05, 0) is 44.9 Å². The Hall–Kier alpha value is 0.0900. The van der Waals surface area contributed by atoms with Crippen LogP contribution >= 0.6 is 11.6 Å². The predicted molar refractivity (Wildman–Crippen MR) is 91.2 cm³/mol. The normalized spacial score (nSPS) is 46.6. The van der Waals surface area contributed by atoms with Crippen LogP contribution in [0.25, 0.3) is 0 Å². The molecule has 3 aliphatic rings. The SMILES string of the molecule is CCCC1NC2NC(C)CC(NC3CCC(C)C(Cl)C3)N2N1. The maximum atomic E-state index is 6.49. The van der Waals surface area contributed by atoms with E-state index in [0.29, 0.717) is 35.7 Å². The lowest BCUT2D eigenvalue weighted by Gasteiger charge is -2.43. The van der Waals surface area contributed by atoms with Gasteiger partial charge in [-0.3, -0.25) is 16.0 Å². The van der Waals surface area contributed by atoms with E-state index in [1.165, 1.54) is 19.3 Å². The smallest absolute Gasteiger partial charge is 0.130 e. The predicted octanol–water partition coefficient (Wildman–Crippen LogP) is 1.90. The molecule has 4 N–H and O–H groups in total. The molecular formula is C16H32ClN5. The number of hydrazine groups is 1. The van der Waals surface area contributed by atoms with Crippen LogP contribution in [-0.2, 0) is 0 Å². The van der Waals surface area contributed by atoms with Crippen molar-refractivity contribution in [1.82, 2.24) is 26.4 Å². The van der Waals surface area contributed by atoms with Gasteiger partial charge in [0.2, 0.25) is 0 Å². The standard InChI is InChI=1S/C16H32ClN5/c1-4-5-14-20-16-18-11(3)8-15(22(16)21-14)19-12-7-6-10(2)13(17)9-12/h10-16,18-21H,4-9H2,1-3H3. The molecule has 0 spiro atoms. The summed E-state index contributed by atoms with van der Waals surface area (Å²) in [5, 5.41) is 13.8. The van der Waals surface area contributed by atoms with Crippen molar-refractivity contribution in [2.24, 2.45) is 5.92 Å². The van der Waals surface area contributed by atoms with Crippen molar-refractivity contribution < 1.29 is 0 Å². The fourth-order valence-electron chi connectivity index (χ4n) is 4.02. The Bertz CT molecular complexity index is 368. The summed E-state index contributed by atoms with van der Waals surface area (Å²) in [4.78, 5) is 0. The van der Waals surface area contributed by atoms with Crippen molar-refractivity contribution in [2.45, 2.75) is 95.4 Å². The van der Waals surface area contributed by atoms with Gasteiger partial charge in [-0.1, -0.05) is 20.3 Å². The summed E-state index contributed by atoms with van der Waals surface area (Å²) in [6.45, 7) is 6.78. The minimum absolute atomic E-state index is 0.229. The Morgan fingerprint density at radius 1 is 1.18 bits per heavy atom. The van der Waals surface area contributed by atoms with Gasteiger partial charge in [0.25, 0.3) is 0 Å². The van der Waals surface area contributed by atoms with E-state index in [4.69, 9.17) is 11.6 Å². The van der Waals surface area contributed by atoms with Crippen molar-refractivity contribution in [3.63, 3.8) is 0 Å². The van der Waals surface area contributed by atoms with E-state index in [1.54, 1.807) is 0 Å². The van der Waals surface area contributed by atoms with E-state index < -0.39 is 0 Å². The van der Waals surface area contributed by atoms with Crippen molar-refractivity contribution in [1.29, 1.82) is 0 Å². The van der Waals surface area contributed by atoms with Gasteiger partial charge in [0.15, 0.2) is 0 Å². The third-order valence-electron chi connectivity index (χ3n) is 5.40. The zero-order valence-corrected chi connectivity index (χ0v) is 14.9. The fourth-order valence-corrected chi connectivity index (χ4v) is 4.36. The number of hydrogen-bond donors (Lipinski definition) is 4. The summed E-state index contributed by atoms with van der Waals surface area (Å²) >= 11 is 6.49. The van der Waals surface area contributed by atoms with Crippen LogP contribution in [0.4, 0.5) is 0 Å². The number of nitrogens with one attached hydrogen (secondary N) is 4. The van der Waals surface area contributed by atoms with Gasteiger partial charge in [0.1, 0.15) is 6.29 Å². The molecular weight excluding hydrogens is 298 g/mol. The number of fused-ring (bicyclic) bond motifs is 1. The molecule has 0 bridgehead atoms. The highest BCUT2D eigenvalue weighted by atomic mass is 35.5.